The first-order valence-corrected chi connectivity index (χ1v) is 5.67. The molecule has 0 spiro atoms. The van der Waals surface area contributed by atoms with Crippen molar-refractivity contribution in [2.24, 2.45) is 0 Å². The average Bonchev–Trinajstić information content (AvgIpc) is 2.80. The van der Waals surface area contributed by atoms with E-state index in [1.807, 2.05) is 20.2 Å². The van der Waals surface area contributed by atoms with E-state index in [2.05, 4.69) is 45.5 Å². The van der Waals surface area contributed by atoms with Crippen LogP contribution in [0.3, 0.4) is 0 Å². The maximum absolute atomic E-state index is 3.92. The lowest BCUT2D eigenvalue weighted by Crippen LogP contribution is -2.09. The zero-order chi connectivity index (χ0) is 12.3. The van der Waals surface area contributed by atoms with Gasteiger partial charge in [-0.05, 0) is 36.8 Å². The number of rotatable bonds is 4. The second-order valence-corrected chi connectivity index (χ2v) is 4.33. The number of H-pyrrole nitrogens is 1. The Morgan fingerprint density at radius 3 is 2.71 bits per heavy atom. The van der Waals surface area contributed by atoms with E-state index < -0.39 is 0 Å². The van der Waals surface area contributed by atoms with Crippen molar-refractivity contribution in [1.29, 1.82) is 0 Å². The lowest BCUT2D eigenvalue weighted by Gasteiger charge is -2.15. The zero-order valence-electron chi connectivity index (χ0n) is 10.5. The van der Waals surface area contributed by atoms with Crippen molar-refractivity contribution in [3.8, 4) is 0 Å². The van der Waals surface area contributed by atoms with Crippen LogP contribution in [-0.4, -0.2) is 24.3 Å². The first-order valence-electron chi connectivity index (χ1n) is 5.67. The van der Waals surface area contributed by atoms with Gasteiger partial charge in [0.05, 0.1) is 12.2 Å². The van der Waals surface area contributed by atoms with E-state index in [0.717, 1.165) is 17.9 Å². The molecule has 90 valence electrons. The third-order valence-electron chi connectivity index (χ3n) is 2.75. The van der Waals surface area contributed by atoms with E-state index in [0.29, 0.717) is 0 Å². The largest absolute Gasteiger partial charge is 0.379 e. The summed E-state index contributed by atoms with van der Waals surface area (Å²) in [6.07, 6.45) is 1.76. The normalized spacial score (nSPS) is 10.3. The fourth-order valence-electron chi connectivity index (χ4n) is 1.70. The van der Waals surface area contributed by atoms with Crippen LogP contribution in [0.4, 0.5) is 11.4 Å². The van der Waals surface area contributed by atoms with Crippen LogP contribution < -0.4 is 10.2 Å². The fraction of sp³-hybridized carbons (Fsp3) is 0.308. The second kappa shape index (κ2) is 4.91. The quantitative estimate of drug-likeness (QED) is 0.847. The molecule has 4 heteroatoms. The summed E-state index contributed by atoms with van der Waals surface area (Å²) in [5.41, 5.74) is 4.71. The molecule has 2 aromatic rings. The van der Waals surface area contributed by atoms with Crippen molar-refractivity contribution in [2.75, 3.05) is 24.3 Å². The maximum atomic E-state index is 3.92. The van der Waals surface area contributed by atoms with E-state index in [4.69, 9.17) is 0 Å². The number of nitrogens with zero attached hydrogens (tertiary/aromatic N) is 2. The molecule has 2 N–H and O–H groups in total. The molecular formula is C13H18N4. The fourth-order valence-corrected chi connectivity index (χ4v) is 1.70. The zero-order valence-corrected chi connectivity index (χ0v) is 10.5. The molecule has 0 bridgehead atoms. The molecule has 17 heavy (non-hydrogen) atoms. The molecule has 2 rings (SSSR count). The van der Waals surface area contributed by atoms with E-state index in [1.54, 1.807) is 6.20 Å². The number of benzene rings is 1. The molecule has 0 amide bonds. The molecule has 0 radical (unpaired) electrons. The van der Waals surface area contributed by atoms with Crippen LogP contribution in [-0.2, 0) is 6.54 Å². The van der Waals surface area contributed by atoms with Crippen molar-refractivity contribution < 1.29 is 0 Å². The molecule has 1 heterocycles. The van der Waals surface area contributed by atoms with Gasteiger partial charge in [-0.15, -0.1) is 0 Å². The Balaban J connectivity index is 2.06. The van der Waals surface area contributed by atoms with Crippen LogP contribution in [0, 0.1) is 6.92 Å². The number of hydrogen-bond donors (Lipinski definition) is 2. The number of hydrogen-bond acceptors (Lipinski definition) is 3. The molecule has 4 nitrogen and oxygen atoms in total. The first-order chi connectivity index (χ1) is 8.16. The van der Waals surface area contributed by atoms with Gasteiger partial charge in [0.15, 0.2) is 0 Å². The predicted octanol–water partition coefficient (Wildman–Crippen LogP) is 2.40. The second-order valence-electron chi connectivity index (χ2n) is 4.33. The van der Waals surface area contributed by atoms with Gasteiger partial charge in [-0.3, -0.25) is 5.10 Å². The third-order valence-corrected chi connectivity index (χ3v) is 2.75. The highest BCUT2D eigenvalue weighted by molar-refractivity contribution is 5.59. The Bertz CT molecular complexity index is 474. The molecule has 0 saturated carbocycles. The number of aromatic amines is 1. The molecule has 0 atom stereocenters. The Morgan fingerprint density at radius 1 is 1.29 bits per heavy atom. The lowest BCUT2D eigenvalue weighted by molar-refractivity contribution is 0.980. The molecule has 0 unspecified atom stereocenters. The summed E-state index contributed by atoms with van der Waals surface area (Å²) in [5.74, 6) is 0. The van der Waals surface area contributed by atoms with E-state index >= 15 is 0 Å². The highest BCUT2D eigenvalue weighted by Gasteiger charge is 2.01. The Hall–Kier alpha value is -1.97. The summed E-state index contributed by atoms with van der Waals surface area (Å²) >= 11 is 0. The Morgan fingerprint density at radius 2 is 2.12 bits per heavy atom. The van der Waals surface area contributed by atoms with Gasteiger partial charge < -0.3 is 10.2 Å². The summed E-state index contributed by atoms with van der Waals surface area (Å²) in [6, 6.07) is 8.37. The number of aryl methyl sites for hydroxylation is 1. The van der Waals surface area contributed by atoms with E-state index in [1.165, 1.54) is 11.3 Å². The molecular weight excluding hydrogens is 212 g/mol. The smallest absolute Gasteiger partial charge is 0.0567 e. The van der Waals surface area contributed by atoms with Gasteiger partial charge in [-0.1, -0.05) is 0 Å². The number of aromatic nitrogens is 2. The van der Waals surface area contributed by atoms with Crippen LogP contribution >= 0.6 is 0 Å². The predicted molar refractivity (Wildman–Crippen MR) is 71.4 cm³/mol. The van der Waals surface area contributed by atoms with Crippen molar-refractivity contribution in [1.82, 2.24) is 10.2 Å². The highest BCUT2D eigenvalue weighted by Crippen LogP contribution is 2.21. The standard InChI is InChI=1S/C13H18N4/c1-10-8-12(17(2)3)4-5-13(10)14-9-11-6-7-15-16-11/h4-8,14H,9H2,1-3H3,(H,15,16). The highest BCUT2D eigenvalue weighted by atomic mass is 15.1. The minimum absolute atomic E-state index is 0.766. The summed E-state index contributed by atoms with van der Waals surface area (Å²) < 4.78 is 0. The van der Waals surface area contributed by atoms with Crippen LogP contribution in [0.25, 0.3) is 0 Å². The molecule has 0 aliphatic carbocycles. The van der Waals surface area contributed by atoms with Crippen LogP contribution in [0.15, 0.2) is 30.5 Å². The monoisotopic (exact) mass is 230 g/mol. The van der Waals surface area contributed by atoms with Crippen LogP contribution in [0.2, 0.25) is 0 Å². The minimum atomic E-state index is 0.766. The number of anilines is 2. The third kappa shape index (κ3) is 2.78. The van der Waals surface area contributed by atoms with Crippen molar-refractivity contribution in [2.45, 2.75) is 13.5 Å². The number of nitrogens with one attached hydrogen (secondary N) is 2. The van der Waals surface area contributed by atoms with Crippen LogP contribution in [0.1, 0.15) is 11.3 Å². The molecule has 0 saturated heterocycles. The molecule has 1 aromatic carbocycles. The molecule has 0 aliphatic rings. The van der Waals surface area contributed by atoms with Gasteiger partial charge in [0.25, 0.3) is 0 Å². The average molecular weight is 230 g/mol. The Labute approximate surface area is 102 Å². The summed E-state index contributed by atoms with van der Waals surface area (Å²) in [4.78, 5) is 2.10. The van der Waals surface area contributed by atoms with Gasteiger partial charge >= 0.3 is 0 Å². The van der Waals surface area contributed by atoms with E-state index in [9.17, 15) is 0 Å². The van der Waals surface area contributed by atoms with Crippen molar-refractivity contribution >= 4 is 11.4 Å². The molecule has 0 aliphatic heterocycles. The Kier molecular flexibility index (Phi) is 3.32. The maximum Gasteiger partial charge on any atom is 0.0567 e. The first kappa shape index (κ1) is 11.5. The summed E-state index contributed by atoms with van der Waals surface area (Å²) in [6.45, 7) is 2.88. The molecule has 0 fully saturated rings. The van der Waals surface area contributed by atoms with Gasteiger partial charge in [-0.2, -0.15) is 5.10 Å². The molecule has 1 aromatic heterocycles. The summed E-state index contributed by atoms with van der Waals surface area (Å²) in [5, 5.41) is 10.2. The van der Waals surface area contributed by atoms with Gasteiger partial charge in [0.2, 0.25) is 0 Å². The topological polar surface area (TPSA) is 44.0 Å². The minimum Gasteiger partial charge on any atom is -0.379 e. The SMILES string of the molecule is Cc1cc(N(C)C)ccc1NCc1ccn[nH]1. The van der Waals surface area contributed by atoms with Gasteiger partial charge in [-0.25, -0.2) is 0 Å². The van der Waals surface area contributed by atoms with Gasteiger partial charge in [0, 0.05) is 31.7 Å². The van der Waals surface area contributed by atoms with Crippen molar-refractivity contribution in [3.05, 3.63) is 41.7 Å². The van der Waals surface area contributed by atoms with Crippen LogP contribution in [0.5, 0.6) is 0 Å². The van der Waals surface area contributed by atoms with E-state index in [-0.39, 0.29) is 0 Å². The van der Waals surface area contributed by atoms with Crippen molar-refractivity contribution in [3.63, 3.8) is 0 Å². The lowest BCUT2D eigenvalue weighted by atomic mass is 10.1. The van der Waals surface area contributed by atoms with Gasteiger partial charge in [0.1, 0.15) is 0 Å². The summed E-state index contributed by atoms with van der Waals surface area (Å²) in [7, 11) is 4.10.